The van der Waals surface area contributed by atoms with E-state index < -0.39 is 0 Å². The highest BCUT2D eigenvalue weighted by atomic mass is 16.2. The first-order chi connectivity index (χ1) is 9.56. The Kier molecular flexibility index (Phi) is 4.40. The summed E-state index contributed by atoms with van der Waals surface area (Å²) in [6.45, 7) is 2.92. The number of nitrogens with zero attached hydrogens (tertiary/aromatic N) is 3. The smallest absolute Gasteiger partial charge is 0.219 e. The van der Waals surface area contributed by atoms with Gasteiger partial charge >= 0.3 is 0 Å². The second kappa shape index (κ2) is 6.23. The molecule has 1 aromatic heterocycles. The molecule has 20 heavy (non-hydrogen) atoms. The van der Waals surface area contributed by atoms with E-state index in [1.54, 1.807) is 25.2 Å². The normalized spacial score (nSPS) is 10.3. The van der Waals surface area contributed by atoms with Crippen molar-refractivity contribution in [3.63, 3.8) is 0 Å². The second-order valence-corrected chi connectivity index (χ2v) is 4.92. The lowest BCUT2D eigenvalue weighted by Crippen LogP contribution is -2.23. The quantitative estimate of drug-likeness (QED) is 0.906. The van der Waals surface area contributed by atoms with Gasteiger partial charge in [-0.25, -0.2) is 4.98 Å². The van der Waals surface area contributed by atoms with E-state index in [0.717, 1.165) is 23.5 Å². The maximum absolute atomic E-state index is 11.3. The predicted octanol–water partition coefficient (Wildman–Crippen LogP) is 2.01. The zero-order valence-corrected chi connectivity index (χ0v) is 12.1. The van der Waals surface area contributed by atoms with Crippen LogP contribution in [0.15, 0.2) is 36.8 Å². The molecule has 0 saturated carbocycles. The van der Waals surface area contributed by atoms with Crippen LogP contribution in [-0.2, 0) is 24.9 Å². The van der Waals surface area contributed by atoms with E-state index >= 15 is 0 Å². The molecule has 0 bridgehead atoms. The molecule has 0 unspecified atom stereocenters. The number of amides is 1. The van der Waals surface area contributed by atoms with E-state index in [2.05, 4.69) is 16.4 Å². The van der Waals surface area contributed by atoms with Gasteiger partial charge in [-0.15, -0.1) is 0 Å². The summed E-state index contributed by atoms with van der Waals surface area (Å²) in [5.74, 6) is 0.0678. The van der Waals surface area contributed by atoms with Gasteiger partial charge in [0, 0.05) is 39.4 Å². The molecule has 0 aliphatic carbocycles. The minimum Gasteiger partial charge on any atom is -0.379 e. The van der Waals surface area contributed by atoms with E-state index in [4.69, 9.17) is 0 Å². The maximum atomic E-state index is 11.3. The third-order valence-electron chi connectivity index (χ3n) is 3.27. The number of nitrogens with one attached hydrogen (secondary N) is 1. The third kappa shape index (κ3) is 3.60. The van der Waals surface area contributed by atoms with Gasteiger partial charge in [-0.3, -0.25) is 4.79 Å². The summed E-state index contributed by atoms with van der Waals surface area (Å²) in [5, 5.41) is 3.37. The molecule has 1 N–H and O–H groups in total. The Morgan fingerprint density at radius 3 is 2.90 bits per heavy atom. The van der Waals surface area contributed by atoms with Crippen molar-refractivity contribution >= 4 is 11.6 Å². The molecule has 5 nitrogen and oxygen atoms in total. The van der Waals surface area contributed by atoms with Gasteiger partial charge in [-0.1, -0.05) is 12.1 Å². The molecular weight excluding hydrogens is 252 g/mol. The van der Waals surface area contributed by atoms with Gasteiger partial charge in [0.1, 0.15) is 0 Å². The van der Waals surface area contributed by atoms with Crippen LogP contribution in [0.1, 0.15) is 18.2 Å². The largest absolute Gasteiger partial charge is 0.379 e. The molecule has 5 heteroatoms. The van der Waals surface area contributed by atoms with Crippen LogP contribution in [0.5, 0.6) is 0 Å². The maximum Gasteiger partial charge on any atom is 0.219 e. The molecule has 0 atom stereocenters. The first-order valence-electron chi connectivity index (χ1n) is 6.56. The van der Waals surface area contributed by atoms with E-state index in [0.29, 0.717) is 6.54 Å². The highest BCUT2D eigenvalue weighted by Crippen LogP contribution is 2.13. The number of hydrogen-bond acceptors (Lipinski definition) is 3. The monoisotopic (exact) mass is 272 g/mol. The molecule has 106 valence electrons. The number of hydrogen-bond donors (Lipinski definition) is 1. The Morgan fingerprint density at radius 2 is 2.25 bits per heavy atom. The highest BCUT2D eigenvalue weighted by molar-refractivity contribution is 5.72. The van der Waals surface area contributed by atoms with Crippen LogP contribution < -0.4 is 5.32 Å². The fourth-order valence-corrected chi connectivity index (χ4v) is 1.91. The van der Waals surface area contributed by atoms with Crippen LogP contribution in [0.3, 0.4) is 0 Å². The SMILES string of the molecule is CC(=O)N(C)Cc1cccc(NCc2cncn2C)c1. The van der Waals surface area contributed by atoms with Gasteiger partial charge in [0.05, 0.1) is 18.6 Å². The van der Waals surface area contributed by atoms with Gasteiger partial charge in [-0.05, 0) is 17.7 Å². The van der Waals surface area contributed by atoms with Gasteiger partial charge in [0.2, 0.25) is 5.91 Å². The molecule has 2 aromatic rings. The zero-order valence-electron chi connectivity index (χ0n) is 12.1. The number of aryl methyl sites for hydroxylation is 1. The van der Waals surface area contributed by atoms with E-state index in [9.17, 15) is 4.79 Å². The Hall–Kier alpha value is -2.30. The van der Waals surface area contributed by atoms with Crippen molar-refractivity contribution in [2.24, 2.45) is 7.05 Å². The first-order valence-corrected chi connectivity index (χ1v) is 6.56. The number of benzene rings is 1. The second-order valence-electron chi connectivity index (χ2n) is 4.92. The van der Waals surface area contributed by atoms with Gasteiger partial charge in [0.25, 0.3) is 0 Å². The average Bonchev–Trinajstić information content (AvgIpc) is 2.82. The molecule has 0 fully saturated rings. The van der Waals surface area contributed by atoms with Crippen LogP contribution in [0.25, 0.3) is 0 Å². The summed E-state index contributed by atoms with van der Waals surface area (Å²) in [4.78, 5) is 17.0. The lowest BCUT2D eigenvalue weighted by atomic mass is 10.2. The van der Waals surface area contributed by atoms with E-state index in [1.807, 2.05) is 36.0 Å². The Labute approximate surface area is 119 Å². The summed E-state index contributed by atoms with van der Waals surface area (Å²) in [7, 11) is 3.78. The summed E-state index contributed by atoms with van der Waals surface area (Å²) in [5.41, 5.74) is 3.27. The summed E-state index contributed by atoms with van der Waals surface area (Å²) < 4.78 is 1.99. The van der Waals surface area contributed by atoms with Crippen molar-refractivity contribution in [3.8, 4) is 0 Å². The molecule has 1 heterocycles. The van der Waals surface area contributed by atoms with E-state index in [-0.39, 0.29) is 5.91 Å². The standard InChI is InChI=1S/C15H20N4O/c1-12(20)18(2)10-13-5-4-6-14(7-13)17-9-15-8-16-11-19(15)3/h4-8,11,17H,9-10H2,1-3H3. The first kappa shape index (κ1) is 14.1. The number of carbonyl (C=O) groups is 1. The van der Waals surface area contributed by atoms with Gasteiger partial charge in [0.15, 0.2) is 0 Å². The molecule has 0 aliphatic rings. The van der Waals surface area contributed by atoms with Crippen LogP contribution >= 0.6 is 0 Å². The van der Waals surface area contributed by atoms with Crippen molar-refractivity contribution in [2.45, 2.75) is 20.0 Å². The fraction of sp³-hybridized carbons (Fsp3) is 0.333. The van der Waals surface area contributed by atoms with E-state index in [1.165, 1.54) is 0 Å². The molecule has 0 aliphatic heterocycles. The molecule has 0 spiro atoms. The van der Waals surface area contributed by atoms with Crippen molar-refractivity contribution in [3.05, 3.63) is 48.0 Å². The predicted molar refractivity (Wildman–Crippen MR) is 79.1 cm³/mol. The number of rotatable bonds is 5. The average molecular weight is 272 g/mol. The molecular formula is C15H20N4O. The zero-order chi connectivity index (χ0) is 14.5. The van der Waals surface area contributed by atoms with Crippen molar-refractivity contribution in [1.29, 1.82) is 0 Å². The topological polar surface area (TPSA) is 50.2 Å². The minimum atomic E-state index is 0.0678. The fourth-order valence-electron chi connectivity index (χ4n) is 1.91. The van der Waals surface area contributed by atoms with Crippen LogP contribution in [0.2, 0.25) is 0 Å². The van der Waals surface area contributed by atoms with Crippen LogP contribution in [0.4, 0.5) is 5.69 Å². The molecule has 0 saturated heterocycles. The Balaban J connectivity index is 1.99. The molecule has 2 rings (SSSR count). The summed E-state index contributed by atoms with van der Waals surface area (Å²) in [6, 6.07) is 8.10. The van der Waals surface area contributed by atoms with Gasteiger partial charge in [-0.2, -0.15) is 0 Å². The Morgan fingerprint density at radius 1 is 1.45 bits per heavy atom. The minimum absolute atomic E-state index is 0.0678. The third-order valence-corrected chi connectivity index (χ3v) is 3.27. The number of carbonyl (C=O) groups excluding carboxylic acids is 1. The van der Waals surface area contributed by atoms with Gasteiger partial charge < -0.3 is 14.8 Å². The summed E-state index contributed by atoms with van der Waals surface area (Å²) >= 11 is 0. The lowest BCUT2D eigenvalue weighted by Gasteiger charge is -2.15. The van der Waals surface area contributed by atoms with Crippen molar-refractivity contribution in [2.75, 3.05) is 12.4 Å². The number of anilines is 1. The number of aromatic nitrogens is 2. The van der Waals surface area contributed by atoms with Crippen molar-refractivity contribution in [1.82, 2.24) is 14.5 Å². The van der Waals surface area contributed by atoms with Crippen molar-refractivity contribution < 1.29 is 4.79 Å². The van der Waals surface area contributed by atoms with Crippen LogP contribution in [0, 0.1) is 0 Å². The van der Waals surface area contributed by atoms with Crippen LogP contribution in [-0.4, -0.2) is 27.4 Å². The summed E-state index contributed by atoms with van der Waals surface area (Å²) in [6.07, 6.45) is 3.63. The highest BCUT2D eigenvalue weighted by Gasteiger charge is 2.04. The molecule has 0 radical (unpaired) electrons. The Bertz CT molecular complexity index is 591. The molecule has 1 amide bonds. The number of imidazole rings is 1. The molecule has 1 aromatic carbocycles. The lowest BCUT2D eigenvalue weighted by molar-refractivity contribution is -0.128.